The van der Waals surface area contributed by atoms with Crippen molar-refractivity contribution in [3.05, 3.63) is 88.4 Å². The van der Waals surface area contributed by atoms with Crippen molar-refractivity contribution < 1.29 is 23.9 Å². The van der Waals surface area contributed by atoms with E-state index in [4.69, 9.17) is 9.47 Å². The van der Waals surface area contributed by atoms with Crippen molar-refractivity contribution in [2.45, 2.75) is 6.92 Å². The lowest BCUT2D eigenvalue weighted by Gasteiger charge is -2.09. The van der Waals surface area contributed by atoms with Crippen LogP contribution in [0.5, 0.6) is 11.5 Å². The number of carbonyl (C=O) groups is 3. The molecule has 0 atom stereocenters. The van der Waals surface area contributed by atoms with Gasteiger partial charge < -0.3 is 9.47 Å². The third-order valence-electron chi connectivity index (χ3n) is 4.82. The van der Waals surface area contributed by atoms with Gasteiger partial charge in [0, 0.05) is 15.6 Å². The number of aromatic nitrogens is 2. The SMILES string of the molecule is CCOc1ccc(C(=O)Oc2ccc(Br)cc2/C=N\NC(=O)C(=O)Nc2nnc(-c3ccccc3)s2)cc1. The molecule has 0 saturated carbocycles. The number of rotatable bonds is 8. The molecule has 38 heavy (non-hydrogen) atoms. The Morgan fingerprint density at radius 3 is 2.50 bits per heavy atom. The topological polar surface area (TPSA) is 132 Å². The van der Waals surface area contributed by atoms with Crippen LogP contribution >= 0.6 is 27.3 Å². The average molecular weight is 594 g/mol. The van der Waals surface area contributed by atoms with Crippen LogP contribution in [0.1, 0.15) is 22.8 Å². The van der Waals surface area contributed by atoms with Gasteiger partial charge in [-0.2, -0.15) is 5.10 Å². The third kappa shape index (κ3) is 7.08. The Morgan fingerprint density at radius 2 is 1.76 bits per heavy atom. The molecule has 1 aromatic heterocycles. The van der Waals surface area contributed by atoms with Crippen LogP contribution in [0.25, 0.3) is 10.6 Å². The van der Waals surface area contributed by atoms with E-state index >= 15 is 0 Å². The summed E-state index contributed by atoms with van der Waals surface area (Å²) in [6, 6.07) is 20.8. The fourth-order valence-corrected chi connectivity index (χ4v) is 4.18. The number of carbonyl (C=O) groups excluding carboxylic acids is 3. The molecule has 0 saturated heterocycles. The number of hydrazone groups is 1. The number of nitrogens with one attached hydrogen (secondary N) is 2. The van der Waals surface area contributed by atoms with E-state index in [-0.39, 0.29) is 10.9 Å². The molecule has 0 unspecified atom stereocenters. The largest absolute Gasteiger partial charge is 0.494 e. The van der Waals surface area contributed by atoms with Crippen molar-refractivity contribution in [2.24, 2.45) is 5.10 Å². The number of anilines is 1. The number of hydrogen-bond acceptors (Lipinski definition) is 9. The lowest BCUT2D eigenvalue weighted by Crippen LogP contribution is -2.32. The van der Waals surface area contributed by atoms with Gasteiger partial charge in [0.2, 0.25) is 5.13 Å². The van der Waals surface area contributed by atoms with Crippen LogP contribution in [0.2, 0.25) is 0 Å². The van der Waals surface area contributed by atoms with Gasteiger partial charge in [-0.15, -0.1) is 10.2 Å². The molecule has 10 nitrogen and oxygen atoms in total. The van der Waals surface area contributed by atoms with E-state index in [9.17, 15) is 14.4 Å². The Bertz CT molecular complexity index is 1480. The molecule has 12 heteroatoms. The second-order valence-corrected chi connectivity index (χ2v) is 9.35. The molecule has 0 fully saturated rings. The van der Waals surface area contributed by atoms with Gasteiger partial charge in [0.1, 0.15) is 16.5 Å². The Hall–Kier alpha value is -4.42. The highest BCUT2D eigenvalue weighted by Crippen LogP contribution is 2.26. The standard InChI is InChI=1S/C26H20BrN5O5S/c1-2-36-20-11-8-17(9-12-20)25(35)37-21-13-10-19(27)14-18(21)15-28-30-23(34)22(33)29-26-32-31-24(38-26)16-6-4-3-5-7-16/h3-15H,2H2,1H3,(H,30,34)(H,29,32,33)/b28-15-. The predicted molar refractivity (Wildman–Crippen MR) is 146 cm³/mol. The van der Waals surface area contributed by atoms with Gasteiger partial charge in [-0.25, -0.2) is 10.2 Å². The molecule has 0 aliphatic carbocycles. The molecule has 4 rings (SSSR count). The van der Waals surface area contributed by atoms with E-state index < -0.39 is 17.8 Å². The van der Waals surface area contributed by atoms with Gasteiger partial charge in [-0.05, 0) is 49.4 Å². The highest BCUT2D eigenvalue weighted by molar-refractivity contribution is 9.10. The molecule has 0 spiro atoms. The fraction of sp³-hybridized carbons (Fsp3) is 0.0769. The number of ether oxygens (including phenoxy) is 2. The van der Waals surface area contributed by atoms with Gasteiger partial charge >= 0.3 is 17.8 Å². The number of esters is 1. The zero-order valence-corrected chi connectivity index (χ0v) is 22.3. The predicted octanol–water partition coefficient (Wildman–Crippen LogP) is 4.67. The molecular formula is C26H20BrN5O5S. The Labute approximate surface area is 229 Å². The first-order valence-corrected chi connectivity index (χ1v) is 12.8. The summed E-state index contributed by atoms with van der Waals surface area (Å²) in [6.45, 7) is 2.38. The van der Waals surface area contributed by atoms with Crippen LogP contribution in [0.4, 0.5) is 5.13 Å². The maximum Gasteiger partial charge on any atom is 0.343 e. The van der Waals surface area contributed by atoms with Crippen LogP contribution in [0.3, 0.4) is 0 Å². The second kappa shape index (κ2) is 12.7. The van der Waals surface area contributed by atoms with E-state index in [2.05, 4.69) is 42.0 Å². The van der Waals surface area contributed by atoms with E-state index in [1.54, 1.807) is 42.5 Å². The van der Waals surface area contributed by atoms with Gasteiger partial charge in [0.15, 0.2) is 0 Å². The zero-order valence-electron chi connectivity index (χ0n) is 19.9. The molecular weight excluding hydrogens is 574 g/mol. The first-order chi connectivity index (χ1) is 18.4. The Kier molecular flexibility index (Phi) is 8.90. The van der Waals surface area contributed by atoms with Crippen molar-refractivity contribution in [1.29, 1.82) is 0 Å². The number of hydrogen-bond donors (Lipinski definition) is 2. The van der Waals surface area contributed by atoms with Gasteiger partial charge in [-0.1, -0.05) is 57.6 Å². The van der Waals surface area contributed by atoms with E-state index in [1.807, 2.05) is 37.3 Å². The van der Waals surface area contributed by atoms with E-state index in [1.165, 1.54) is 6.21 Å². The van der Waals surface area contributed by atoms with E-state index in [0.717, 1.165) is 16.9 Å². The Morgan fingerprint density at radius 1 is 1.00 bits per heavy atom. The molecule has 0 aliphatic heterocycles. The smallest absolute Gasteiger partial charge is 0.343 e. The highest BCUT2D eigenvalue weighted by Gasteiger charge is 2.17. The van der Waals surface area contributed by atoms with Crippen LogP contribution < -0.4 is 20.2 Å². The molecule has 0 radical (unpaired) electrons. The molecule has 2 N–H and O–H groups in total. The summed E-state index contributed by atoms with van der Waals surface area (Å²) in [5.41, 5.74) is 3.70. The van der Waals surface area contributed by atoms with Gasteiger partial charge in [0.05, 0.1) is 18.4 Å². The summed E-state index contributed by atoms with van der Waals surface area (Å²) in [5, 5.41) is 14.9. The normalized spacial score (nSPS) is 10.7. The minimum absolute atomic E-state index is 0.170. The summed E-state index contributed by atoms with van der Waals surface area (Å²) in [4.78, 5) is 37.1. The third-order valence-corrected chi connectivity index (χ3v) is 6.20. The molecule has 3 aromatic carbocycles. The lowest BCUT2D eigenvalue weighted by atomic mass is 10.2. The Balaban J connectivity index is 1.37. The van der Waals surface area contributed by atoms with Crippen LogP contribution in [-0.2, 0) is 9.59 Å². The fourth-order valence-electron chi connectivity index (χ4n) is 3.06. The van der Waals surface area contributed by atoms with Crippen molar-refractivity contribution >= 4 is 56.4 Å². The zero-order chi connectivity index (χ0) is 26.9. The van der Waals surface area contributed by atoms with Crippen molar-refractivity contribution in [3.8, 4) is 22.1 Å². The molecule has 4 aromatic rings. The van der Waals surface area contributed by atoms with Gasteiger partial charge in [0.25, 0.3) is 0 Å². The maximum atomic E-state index is 12.6. The summed E-state index contributed by atoms with van der Waals surface area (Å²) in [7, 11) is 0. The quantitative estimate of drug-likeness (QED) is 0.0996. The van der Waals surface area contributed by atoms with Crippen molar-refractivity contribution in [3.63, 3.8) is 0 Å². The summed E-state index contributed by atoms with van der Waals surface area (Å²) < 4.78 is 11.6. The molecule has 1 heterocycles. The average Bonchev–Trinajstić information content (AvgIpc) is 3.39. The number of nitrogens with zero attached hydrogens (tertiary/aromatic N) is 3. The molecule has 0 bridgehead atoms. The van der Waals surface area contributed by atoms with Crippen LogP contribution in [0.15, 0.2) is 82.4 Å². The highest BCUT2D eigenvalue weighted by atomic mass is 79.9. The molecule has 0 aliphatic rings. The maximum absolute atomic E-state index is 12.6. The lowest BCUT2D eigenvalue weighted by molar-refractivity contribution is -0.136. The summed E-state index contributed by atoms with van der Waals surface area (Å²) >= 11 is 4.48. The number of amides is 2. The van der Waals surface area contributed by atoms with Gasteiger partial charge in [-0.3, -0.25) is 14.9 Å². The monoisotopic (exact) mass is 593 g/mol. The van der Waals surface area contributed by atoms with E-state index in [0.29, 0.717) is 33.0 Å². The minimum atomic E-state index is -1.01. The van der Waals surface area contributed by atoms with Crippen molar-refractivity contribution in [2.75, 3.05) is 11.9 Å². The first-order valence-electron chi connectivity index (χ1n) is 11.2. The van der Waals surface area contributed by atoms with Crippen LogP contribution in [0, 0.1) is 0 Å². The molecule has 2 amide bonds. The first kappa shape index (κ1) is 26.6. The molecule has 192 valence electrons. The number of halogens is 1. The summed E-state index contributed by atoms with van der Waals surface area (Å²) in [5.74, 6) is -1.71. The summed E-state index contributed by atoms with van der Waals surface area (Å²) in [6.07, 6.45) is 1.26. The van der Waals surface area contributed by atoms with Crippen LogP contribution in [-0.4, -0.2) is 40.8 Å². The van der Waals surface area contributed by atoms with Crippen molar-refractivity contribution in [1.82, 2.24) is 15.6 Å². The number of benzene rings is 3. The second-order valence-electron chi connectivity index (χ2n) is 7.46. The minimum Gasteiger partial charge on any atom is -0.494 e.